The van der Waals surface area contributed by atoms with Crippen LogP contribution in [0.25, 0.3) is 55.3 Å². The molecule has 327 valence electrons. The summed E-state index contributed by atoms with van der Waals surface area (Å²) in [7, 11) is 2.41. The van der Waals surface area contributed by atoms with Crippen LogP contribution in [0.4, 0.5) is 28.4 Å². The SMILES string of the molecule is Cc1cccc(C)c1-c1cc(-c2ccc(C(C)(C)C)cc2Nc2ccc(C(C)(C)C)cc2)c2c(c1)N(c1ccc(C(C)(C)C)cc1-c1ccccc1)c1cc3c(cc1[B]2)oc1ccccc13. The van der Waals surface area contributed by atoms with Crippen molar-refractivity contribution in [3.63, 3.8) is 0 Å². The Morgan fingerprint density at radius 3 is 1.79 bits per heavy atom. The van der Waals surface area contributed by atoms with Gasteiger partial charge in [0.2, 0.25) is 0 Å². The van der Waals surface area contributed by atoms with Crippen molar-refractivity contribution in [1.82, 2.24) is 0 Å². The van der Waals surface area contributed by atoms with Crippen LogP contribution in [-0.2, 0) is 16.2 Å². The van der Waals surface area contributed by atoms with E-state index in [-0.39, 0.29) is 16.2 Å². The molecule has 0 spiro atoms. The maximum atomic E-state index is 6.62. The molecule has 1 aliphatic heterocycles. The zero-order valence-corrected chi connectivity index (χ0v) is 40.4. The summed E-state index contributed by atoms with van der Waals surface area (Å²) in [5, 5.41) is 6.18. The quantitative estimate of drug-likeness (QED) is 0.169. The lowest BCUT2D eigenvalue weighted by atomic mass is 9.57. The van der Waals surface area contributed by atoms with Gasteiger partial charge in [-0.2, -0.15) is 0 Å². The van der Waals surface area contributed by atoms with Crippen molar-refractivity contribution in [2.24, 2.45) is 0 Å². The number of furan rings is 1. The molecule has 1 aromatic heterocycles. The van der Waals surface area contributed by atoms with Crippen LogP contribution in [0.5, 0.6) is 0 Å². The molecule has 1 radical (unpaired) electrons. The highest BCUT2D eigenvalue weighted by atomic mass is 16.3. The van der Waals surface area contributed by atoms with Crippen LogP contribution in [-0.4, -0.2) is 7.28 Å². The largest absolute Gasteiger partial charge is 0.456 e. The molecule has 0 amide bonds. The average Bonchev–Trinajstić information content (AvgIpc) is 3.64. The van der Waals surface area contributed by atoms with Crippen molar-refractivity contribution in [3.8, 4) is 33.4 Å². The number of rotatable bonds is 6. The molecule has 9 aromatic rings. The Hall–Kier alpha value is -6.78. The summed E-state index contributed by atoms with van der Waals surface area (Å²) in [5.41, 5.74) is 23.0. The highest BCUT2D eigenvalue weighted by molar-refractivity contribution is 6.73. The first-order valence-electron chi connectivity index (χ1n) is 23.5. The Morgan fingerprint density at radius 2 is 1.09 bits per heavy atom. The molecule has 10 rings (SSSR count). The third-order valence-corrected chi connectivity index (χ3v) is 13.6. The first-order chi connectivity index (χ1) is 31.4. The smallest absolute Gasteiger partial charge is 0.198 e. The Labute approximate surface area is 392 Å². The lowest BCUT2D eigenvalue weighted by Gasteiger charge is -2.37. The number of benzene rings is 8. The molecule has 3 nitrogen and oxygen atoms in total. The predicted molar refractivity (Wildman–Crippen MR) is 285 cm³/mol. The van der Waals surface area contributed by atoms with Crippen molar-refractivity contribution in [1.29, 1.82) is 0 Å². The number of anilines is 5. The Bertz CT molecular complexity index is 3300. The van der Waals surface area contributed by atoms with Crippen molar-refractivity contribution in [2.45, 2.75) is 92.4 Å². The maximum Gasteiger partial charge on any atom is 0.198 e. The number of hydrogen-bond acceptors (Lipinski definition) is 3. The number of hydrogen-bond donors (Lipinski definition) is 1. The van der Waals surface area contributed by atoms with Gasteiger partial charge in [-0.05, 0) is 146 Å². The van der Waals surface area contributed by atoms with E-state index < -0.39 is 0 Å². The molecule has 0 aliphatic carbocycles. The predicted octanol–water partition coefficient (Wildman–Crippen LogP) is 16.3. The van der Waals surface area contributed by atoms with Gasteiger partial charge in [0.15, 0.2) is 7.28 Å². The monoisotopic (exact) mass is 859 g/mol. The van der Waals surface area contributed by atoms with E-state index in [1.807, 2.05) is 0 Å². The van der Waals surface area contributed by atoms with Gasteiger partial charge in [-0.1, -0.05) is 165 Å². The zero-order valence-electron chi connectivity index (χ0n) is 40.4. The zero-order chi connectivity index (χ0) is 46.3. The Morgan fingerprint density at radius 1 is 0.455 bits per heavy atom. The van der Waals surface area contributed by atoms with Crippen molar-refractivity contribution >= 4 is 68.6 Å². The van der Waals surface area contributed by atoms with Crippen LogP contribution in [0.1, 0.15) is 90.1 Å². The first kappa shape index (κ1) is 43.1. The van der Waals surface area contributed by atoms with Crippen LogP contribution in [0.2, 0.25) is 0 Å². The highest BCUT2D eigenvalue weighted by Gasteiger charge is 2.33. The van der Waals surface area contributed by atoms with E-state index in [0.29, 0.717) is 0 Å². The van der Waals surface area contributed by atoms with Gasteiger partial charge >= 0.3 is 0 Å². The summed E-state index contributed by atoms with van der Waals surface area (Å²) in [6.07, 6.45) is 0. The number of para-hydroxylation sites is 1. The third kappa shape index (κ3) is 7.81. The van der Waals surface area contributed by atoms with Crippen LogP contribution >= 0.6 is 0 Å². The summed E-state index contributed by atoms with van der Waals surface area (Å²) in [5.74, 6) is 0. The van der Waals surface area contributed by atoms with Gasteiger partial charge < -0.3 is 14.6 Å². The lowest BCUT2D eigenvalue weighted by molar-refractivity contribution is 0.590. The van der Waals surface area contributed by atoms with Crippen molar-refractivity contribution in [2.75, 3.05) is 10.2 Å². The maximum absolute atomic E-state index is 6.62. The minimum Gasteiger partial charge on any atom is -0.456 e. The van der Waals surface area contributed by atoms with Gasteiger partial charge in [0.25, 0.3) is 0 Å². The summed E-state index contributed by atoms with van der Waals surface area (Å²) in [6.45, 7) is 25.1. The minimum atomic E-state index is -0.0581. The molecule has 1 aliphatic rings. The fraction of sp³-hybridized carbons (Fsp3) is 0.226. The number of fused-ring (bicyclic) bond motifs is 5. The van der Waals surface area contributed by atoms with Gasteiger partial charge in [0, 0.05) is 44.6 Å². The second kappa shape index (κ2) is 16.0. The van der Waals surface area contributed by atoms with E-state index in [1.165, 1.54) is 50.1 Å². The van der Waals surface area contributed by atoms with Crippen LogP contribution in [0.3, 0.4) is 0 Å². The molecule has 0 saturated heterocycles. The molecule has 66 heavy (non-hydrogen) atoms. The van der Waals surface area contributed by atoms with Crippen molar-refractivity contribution in [3.05, 3.63) is 186 Å². The van der Waals surface area contributed by atoms with Crippen molar-refractivity contribution < 1.29 is 4.42 Å². The lowest BCUT2D eigenvalue weighted by Crippen LogP contribution is -2.41. The first-order valence-corrected chi connectivity index (χ1v) is 23.5. The van der Waals surface area contributed by atoms with Crippen LogP contribution in [0, 0.1) is 13.8 Å². The van der Waals surface area contributed by atoms with Crippen LogP contribution in [0.15, 0.2) is 162 Å². The highest BCUT2D eigenvalue weighted by Crippen LogP contribution is 2.48. The number of nitrogens with zero attached hydrogens (tertiary/aromatic N) is 1. The molecule has 0 fully saturated rings. The van der Waals surface area contributed by atoms with Gasteiger partial charge in [-0.3, -0.25) is 0 Å². The van der Waals surface area contributed by atoms with E-state index in [4.69, 9.17) is 4.42 Å². The number of aryl methyl sites for hydroxylation is 2. The van der Waals surface area contributed by atoms with Gasteiger partial charge in [0.05, 0.1) is 5.69 Å². The third-order valence-electron chi connectivity index (χ3n) is 13.6. The second-order valence-electron chi connectivity index (χ2n) is 21.5. The second-order valence-corrected chi connectivity index (χ2v) is 21.5. The molecular formula is C62H60BN2O. The van der Waals surface area contributed by atoms with Gasteiger partial charge in [0.1, 0.15) is 11.2 Å². The number of nitrogens with one attached hydrogen (secondary N) is 1. The molecule has 0 saturated carbocycles. The summed E-state index contributed by atoms with van der Waals surface area (Å²) in [4.78, 5) is 2.54. The fourth-order valence-electron chi connectivity index (χ4n) is 9.85. The Kier molecular flexibility index (Phi) is 10.4. The van der Waals surface area contributed by atoms with E-state index in [2.05, 4.69) is 251 Å². The Balaban J connectivity index is 1.30. The molecule has 4 heteroatoms. The standard InChI is InChI=1S/C62H60BN2O/c1-38-18-17-19-39(2)58(38)41-32-50(46-30-26-44(62(9,10)11)35-52(46)64-45-28-24-42(25-29-45)60(3,4)5)59-55(33-41)65(53-31-27-43(61(6,7)8)34-48(53)40-20-13-12-14-21-40)54-36-49-47-22-15-16-23-56(47)66-57(49)37-51(54)63-59/h12-37,64H,1-11H3. The van der Waals surface area contributed by atoms with Gasteiger partial charge in [-0.25, -0.2) is 0 Å². The molecule has 0 atom stereocenters. The van der Waals surface area contributed by atoms with Crippen LogP contribution < -0.4 is 21.1 Å². The molecule has 1 N–H and O–H groups in total. The van der Waals surface area contributed by atoms with E-state index in [1.54, 1.807) is 0 Å². The summed E-state index contributed by atoms with van der Waals surface area (Å²) >= 11 is 0. The summed E-state index contributed by atoms with van der Waals surface area (Å²) in [6, 6.07) is 58.6. The fourth-order valence-corrected chi connectivity index (χ4v) is 9.85. The molecule has 8 aromatic carbocycles. The molecule has 0 bridgehead atoms. The van der Waals surface area contributed by atoms with E-state index >= 15 is 0 Å². The average molecular weight is 860 g/mol. The van der Waals surface area contributed by atoms with Gasteiger partial charge in [-0.15, -0.1) is 0 Å². The minimum absolute atomic E-state index is 0.0478. The normalized spacial score (nSPS) is 12.9. The molecular weight excluding hydrogens is 800 g/mol. The van der Waals surface area contributed by atoms with E-state index in [0.717, 1.165) is 72.4 Å². The molecule has 2 heterocycles. The molecule has 0 unspecified atom stereocenters. The topological polar surface area (TPSA) is 28.4 Å². The van der Waals surface area contributed by atoms with E-state index in [9.17, 15) is 0 Å². The summed E-state index contributed by atoms with van der Waals surface area (Å²) < 4.78 is 6.62.